The Kier molecular flexibility index (Phi) is 6.49. The number of amides is 1. The minimum absolute atomic E-state index is 0.0969. The molecule has 0 radical (unpaired) electrons. The van der Waals surface area contributed by atoms with Gasteiger partial charge in [0.15, 0.2) is 0 Å². The molecule has 1 aromatic heterocycles. The first-order valence-electron chi connectivity index (χ1n) is 9.27. The Morgan fingerprint density at radius 2 is 2.07 bits per heavy atom. The molecule has 5 nitrogen and oxygen atoms in total. The van der Waals surface area contributed by atoms with E-state index in [0.717, 1.165) is 42.6 Å². The highest BCUT2D eigenvalue weighted by molar-refractivity contribution is 7.16. The van der Waals surface area contributed by atoms with Gasteiger partial charge in [-0.1, -0.05) is 24.6 Å². The molecule has 1 aromatic carbocycles. The number of nitrogens with one attached hydrogen (secondary N) is 1. The molecular weight excluding hydrogens is 358 g/mol. The van der Waals surface area contributed by atoms with Crippen LogP contribution in [0.25, 0.3) is 0 Å². The van der Waals surface area contributed by atoms with Crippen LogP contribution in [0.4, 0.5) is 5.00 Å². The van der Waals surface area contributed by atoms with Crippen LogP contribution in [0.3, 0.4) is 0 Å². The van der Waals surface area contributed by atoms with Crippen molar-refractivity contribution in [1.29, 1.82) is 5.26 Å². The number of nitriles is 1. The number of hydrogen-bond donors (Lipinski definition) is 1. The number of aryl methyl sites for hydroxylation is 1. The minimum Gasteiger partial charge on any atom is -0.496 e. The van der Waals surface area contributed by atoms with Crippen LogP contribution in [-0.2, 0) is 24.2 Å². The van der Waals surface area contributed by atoms with Crippen LogP contribution < -0.4 is 10.1 Å². The van der Waals surface area contributed by atoms with E-state index in [9.17, 15) is 10.1 Å². The standard InChI is InChI=1S/C21H25N3O2S/c1-24(13-15-8-6-7-10-18(15)26-2)14-20(25)23-21-17(12-22)16-9-4-3-5-11-19(16)27-21/h6-8,10H,3-5,9,11,13-14H2,1-2H3,(H,23,25). The third-order valence-electron chi connectivity index (χ3n) is 4.83. The van der Waals surface area contributed by atoms with Gasteiger partial charge in [-0.15, -0.1) is 11.3 Å². The molecule has 1 amide bonds. The Labute approximate surface area is 164 Å². The third kappa shape index (κ3) is 4.68. The SMILES string of the molecule is COc1ccccc1CN(C)CC(=O)Nc1sc2c(c1C#N)CCCCC2. The molecule has 0 bridgehead atoms. The van der Waals surface area contributed by atoms with Crippen LogP contribution in [-0.4, -0.2) is 31.5 Å². The van der Waals surface area contributed by atoms with Gasteiger partial charge in [-0.2, -0.15) is 5.26 Å². The van der Waals surface area contributed by atoms with E-state index in [0.29, 0.717) is 17.1 Å². The molecule has 0 fully saturated rings. The van der Waals surface area contributed by atoms with Crippen molar-refractivity contribution in [1.82, 2.24) is 4.90 Å². The van der Waals surface area contributed by atoms with Gasteiger partial charge >= 0.3 is 0 Å². The molecule has 1 aliphatic rings. The lowest BCUT2D eigenvalue weighted by atomic mass is 10.1. The van der Waals surface area contributed by atoms with Crippen LogP contribution in [0.5, 0.6) is 5.75 Å². The number of rotatable bonds is 6. The highest BCUT2D eigenvalue weighted by Gasteiger charge is 2.21. The van der Waals surface area contributed by atoms with Crippen molar-refractivity contribution in [2.24, 2.45) is 0 Å². The number of nitrogens with zero attached hydrogens (tertiary/aromatic N) is 2. The summed E-state index contributed by atoms with van der Waals surface area (Å²) in [5.41, 5.74) is 2.85. The van der Waals surface area contributed by atoms with Crippen LogP contribution in [0, 0.1) is 11.3 Å². The smallest absolute Gasteiger partial charge is 0.239 e. The summed E-state index contributed by atoms with van der Waals surface area (Å²) >= 11 is 1.57. The molecule has 3 rings (SSSR count). The molecule has 0 spiro atoms. The third-order valence-corrected chi connectivity index (χ3v) is 6.04. The zero-order valence-corrected chi connectivity index (χ0v) is 16.7. The number of ether oxygens (including phenoxy) is 1. The first-order chi connectivity index (χ1) is 13.1. The van der Waals surface area contributed by atoms with Gasteiger partial charge in [-0.3, -0.25) is 9.69 Å². The van der Waals surface area contributed by atoms with Crippen molar-refractivity contribution >= 4 is 22.2 Å². The molecule has 0 saturated carbocycles. The first-order valence-corrected chi connectivity index (χ1v) is 10.1. The molecular formula is C21H25N3O2S. The van der Waals surface area contributed by atoms with Gasteiger partial charge in [0.25, 0.3) is 0 Å². The van der Waals surface area contributed by atoms with Crippen molar-refractivity contribution in [2.75, 3.05) is 26.0 Å². The normalized spacial score (nSPS) is 13.6. The van der Waals surface area contributed by atoms with Crippen LogP contribution in [0.15, 0.2) is 24.3 Å². The van der Waals surface area contributed by atoms with Gasteiger partial charge in [-0.05, 0) is 44.4 Å². The number of carbonyl (C=O) groups is 1. The van der Waals surface area contributed by atoms with Crippen molar-refractivity contribution in [2.45, 2.75) is 38.6 Å². The summed E-state index contributed by atoms with van der Waals surface area (Å²) in [6.45, 7) is 0.870. The van der Waals surface area contributed by atoms with Crippen molar-refractivity contribution in [3.05, 3.63) is 45.8 Å². The van der Waals surface area contributed by atoms with Crippen molar-refractivity contribution < 1.29 is 9.53 Å². The Hall–Kier alpha value is -2.36. The molecule has 27 heavy (non-hydrogen) atoms. The average molecular weight is 384 g/mol. The fraction of sp³-hybridized carbons (Fsp3) is 0.429. The number of methoxy groups -OCH3 is 1. The van der Waals surface area contributed by atoms with Crippen molar-refractivity contribution in [3.63, 3.8) is 0 Å². The lowest BCUT2D eigenvalue weighted by Gasteiger charge is -2.17. The van der Waals surface area contributed by atoms with Gasteiger partial charge in [0.05, 0.1) is 19.2 Å². The van der Waals surface area contributed by atoms with E-state index in [1.54, 1.807) is 18.4 Å². The second-order valence-electron chi connectivity index (χ2n) is 6.91. The second kappa shape index (κ2) is 9.03. The molecule has 0 aliphatic heterocycles. The average Bonchev–Trinajstić information content (AvgIpc) is 2.81. The van der Waals surface area contributed by atoms with E-state index in [4.69, 9.17) is 4.74 Å². The summed E-state index contributed by atoms with van der Waals surface area (Å²) in [4.78, 5) is 15.7. The Balaban J connectivity index is 1.65. The molecule has 2 aromatic rings. The van der Waals surface area contributed by atoms with Crippen LogP contribution >= 0.6 is 11.3 Å². The van der Waals surface area contributed by atoms with Gasteiger partial charge in [0, 0.05) is 17.0 Å². The van der Waals surface area contributed by atoms with E-state index >= 15 is 0 Å². The first kappa shape index (κ1) is 19.4. The fourth-order valence-electron chi connectivity index (χ4n) is 3.54. The lowest BCUT2D eigenvalue weighted by Crippen LogP contribution is -2.29. The maximum absolute atomic E-state index is 12.5. The van der Waals surface area contributed by atoms with Gasteiger partial charge in [0.2, 0.25) is 5.91 Å². The summed E-state index contributed by atoms with van der Waals surface area (Å²) in [6, 6.07) is 10.1. The maximum Gasteiger partial charge on any atom is 0.239 e. The Bertz CT molecular complexity index is 854. The molecule has 0 atom stereocenters. The topological polar surface area (TPSA) is 65.4 Å². The summed E-state index contributed by atoms with van der Waals surface area (Å²) in [5.74, 6) is 0.721. The predicted molar refractivity (Wildman–Crippen MR) is 108 cm³/mol. The van der Waals surface area contributed by atoms with Gasteiger partial charge in [0.1, 0.15) is 16.8 Å². The van der Waals surface area contributed by atoms with Crippen LogP contribution in [0.1, 0.15) is 40.8 Å². The Morgan fingerprint density at radius 3 is 2.85 bits per heavy atom. The second-order valence-corrected chi connectivity index (χ2v) is 8.02. The van der Waals surface area contributed by atoms with Gasteiger partial charge < -0.3 is 10.1 Å². The zero-order valence-electron chi connectivity index (χ0n) is 15.9. The largest absolute Gasteiger partial charge is 0.496 e. The number of fused-ring (bicyclic) bond motifs is 1. The molecule has 0 unspecified atom stereocenters. The number of hydrogen-bond acceptors (Lipinski definition) is 5. The van der Waals surface area contributed by atoms with E-state index in [-0.39, 0.29) is 12.5 Å². The minimum atomic E-state index is -0.0969. The molecule has 1 N–H and O–H groups in total. The predicted octanol–water partition coefficient (Wildman–Crippen LogP) is 3.97. The number of para-hydroxylation sites is 1. The zero-order chi connectivity index (χ0) is 19.2. The van der Waals surface area contributed by atoms with E-state index in [1.807, 2.05) is 36.2 Å². The highest BCUT2D eigenvalue weighted by atomic mass is 32.1. The fourth-order valence-corrected chi connectivity index (χ4v) is 4.80. The monoisotopic (exact) mass is 383 g/mol. The number of carbonyl (C=O) groups excluding carboxylic acids is 1. The van der Waals surface area contributed by atoms with Crippen molar-refractivity contribution in [3.8, 4) is 11.8 Å². The molecule has 1 heterocycles. The molecule has 1 aliphatic carbocycles. The lowest BCUT2D eigenvalue weighted by molar-refractivity contribution is -0.117. The molecule has 142 valence electrons. The quantitative estimate of drug-likeness (QED) is 0.767. The number of anilines is 1. The van der Waals surface area contributed by atoms with Gasteiger partial charge in [-0.25, -0.2) is 0 Å². The van der Waals surface area contributed by atoms with E-state index in [2.05, 4.69) is 11.4 Å². The van der Waals surface area contributed by atoms with E-state index < -0.39 is 0 Å². The summed E-state index contributed by atoms with van der Waals surface area (Å²) in [7, 11) is 3.55. The number of thiophene rings is 1. The molecule has 0 saturated heterocycles. The van der Waals surface area contributed by atoms with E-state index in [1.165, 1.54) is 11.3 Å². The van der Waals surface area contributed by atoms with Crippen LogP contribution in [0.2, 0.25) is 0 Å². The number of benzene rings is 1. The molecule has 6 heteroatoms. The number of likely N-dealkylation sites (N-methyl/N-ethyl adjacent to an activating group) is 1. The highest BCUT2D eigenvalue weighted by Crippen LogP contribution is 2.36. The Morgan fingerprint density at radius 1 is 1.30 bits per heavy atom. The maximum atomic E-state index is 12.5. The summed E-state index contributed by atoms with van der Waals surface area (Å²) < 4.78 is 5.37. The summed E-state index contributed by atoms with van der Waals surface area (Å²) in [6.07, 6.45) is 5.44. The summed E-state index contributed by atoms with van der Waals surface area (Å²) in [5, 5.41) is 13.3.